The number of carbonyl (C=O) groups excluding carboxylic acids is 1. The van der Waals surface area contributed by atoms with E-state index in [1.807, 2.05) is 43.7 Å². The van der Waals surface area contributed by atoms with E-state index in [-0.39, 0.29) is 5.91 Å². The molecule has 26 heavy (non-hydrogen) atoms. The highest BCUT2D eigenvalue weighted by molar-refractivity contribution is 7.99. The molecule has 0 radical (unpaired) electrons. The van der Waals surface area contributed by atoms with Crippen molar-refractivity contribution in [3.63, 3.8) is 0 Å². The molecule has 1 fully saturated rings. The number of anilines is 2. The lowest BCUT2D eigenvalue weighted by Crippen LogP contribution is -2.31. The number of thioether (sulfide) groups is 1. The normalized spacial score (nSPS) is 14.9. The Labute approximate surface area is 159 Å². The van der Waals surface area contributed by atoms with Gasteiger partial charge in [0, 0.05) is 62.7 Å². The standard InChI is InChI=1S/C20H26N4OS/c1-15-12-16(14-24-8-10-26-11-9-24)4-5-18(15)22-20(25)17-6-7-21-19(13-17)23(2)3/h4-7,12-13H,8-11,14H2,1-3H3,(H,22,25). The Balaban J connectivity index is 1.67. The van der Waals surface area contributed by atoms with Gasteiger partial charge in [0.1, 0.15) is 5.82 Å². The predicted molar refractivity (Wildman–Crippen MR) is 110 cm³/mol. The van der Waals surface area contributed by atoms with Crippen LogP contribution in [0.5, 0.6) is 0 Å². The van der Waals surface area contributed by atoms with E-state index >= 15 is 0 Å². The van der Waals surface area contributed by atoms with Crippen LogP contribution < -0.4 is 10.2 Å². The zero-order chi connectivity index (χ0) is 18.5. The number of benzene rings is 1. The van der Waals surface area contributed by atoms with Gasteiger partial charge in [0.15, 0.2) is 0 Å². The van der Waals surface area contributed by atoms with Crippen LogP contribution in [0.3, 0.4) is 0 Å². The number of carbonyl (C=O) groups is 1. The van der Waals surface area contributed by atoms with Crippen LogP contribution in [0, 0.1) is 6.92 Å². The molecule has 0 spiro atoms. The molecule has 3 rings (SSSR count). The summed E-state index contributed by atoms with van der Waals surface area (Å²) in [5.74, 6) is 3.09. The van der Waals surface area contributed by atoms with Crippen LogP contribution in [-0.2, 0) is 6.54 Å². The molecule has 0 unspecified atom stereocenters. The third-order valence-corrected chi connectivity index (χ3v) is 5.46. The number of pyridine rings is 1. The molecule has 1 aromatic carbocycles. The molecule has 0 bridgehead atoms. The molecule has 1 saturated heterocycles. The van der Waals surface area contributed by atoms with E-state index in [0.717, 1.165) is 36.7 Å². The molecule has 1 amide bonds. The van der Waals surface area contributed by atoms with Crippen LogP contribution in [-0.4, -0.2) is 54.5 Å². The highest BCUT2D eigenvalue weighted by Gasteiger charge is 2.13. The molecular weight excluding hydrogens is 344 g/mol. The van der Waals surface area contributed by atoms with E-state index in [0.29, 0.717) is 5.56 Å². The Morgan fingerprint density at radius 2 is 2.00 bits per heavy atom. The molecule has 5 nitrogen and oxygen atoms in total. The minimum atomic E-state index is -0.112. The van der Waals surface area contributed by atoms with Crippen molar-refractivity contribution in [3.8, 4) is 0 Å². The fourth-order valence-corrected chi connectivity index (χ4v) is 3.96. The molecule has 0 aliphatic carbocycles. The van der Waals surface area contributed by atoms with Crippen molar-refractivity contribution < 1.29 is 4.79 Å². The third kappa shape index (κ3) is 4.77. The monoisotopic (exact) mass is 370 g/mol. The van der Waals surface area contributed by atoms with Gasteiger partial charge < -0.3 is 10.2 Å². The third-order valence-electron chi connectivity index (χ3n) is 4.51. The van der Waals surface area contributed by atoms with Crippen LogP contribution in [0.15, 0.2) is 36.5 Å². The maximum atomic E-state index is 12.6. The number of nitrogens with zero attached hydrogens (tertiary/aromatic N) is 3. The van der Waals surface area contributed by atoms with Gasteiger partial charge in [-0.15, -0.1) is 0 Å². The van der Waals surface area contributed by atoms with E-state index in [4.69, 9.17) is 0 Å². The molecule has 138 valence electrons. The van der Waals surface area contributed by atoms with Crippen molar-refractivity contribution in [1.29, 1.82) is 0 Å². The fraction of sp³-hybridized carbons (Fsp3) is 0.400. The first-order valence-corrected chi connectivity index (χ1v) is 10.0. The Morgan fingerprint density at radius 3 is 2.69 bits per heavy atom. The number of aromatic nitrogens is 1. The van der Waals surface area contributed by atoms with Gasteiger partial charge in [-0.25, -0.2) is 4.98 Å². The van der Waals surface area contributed by atoms with Gasteiger partial charge in [-0.1, -0.05) is 12.1 Å². The Kier molecular flexibility index (Phi) is 6.16. The minimum absolute atomic E-state index is 0.112. The second-order valence-corrected chi connectivity index (χ2v) is 8.01. The zero-order valence-corrected chi connectivity index (χ0v) is 16.5. The minimum Gasteiger partial charge on any atom is -0.363 e. The SMILES string of the molecule is Cc1cc(CN2CCSCC2)ccc1NC(=O)c1ccnc(N(C)C)c1. The number of nitrogens with one attached hydrogen (secondary N) is 1. The van der Waals surface area contributed by atoms with Gasteiger partial charge >= 0.3 is 0 Å². The van der Waals surface area contributed by atoms with E-state index in [2.05, 4.69) is 27.3 Å². The van der Waals surface area contributed by atoms with Crippen molar-refractivity contribution >= 4 is 29.2 Å². The molecule has 1 aliphatic rings. The summed E-state index contributed by atoms with van der Waals surface area (Å²) in [5, 5.41) is 3.02. The van der Waals surface area contributed by atoms with Crippen molar-refractivity contribution in [2.24, 2.45) is 0 Å². The van der Waals surface area contributed by atoms with E-state index in [1.54, 1.807) is 18.3 Å². The summed E-state index contributed by atoms with van der Waals surface area (Å²) in [6, 6.07) is 9.83. The average Bonchev–Trinajstić information content (AvgIpc) is 2.65. The largest absolute Gasteiger partial charge is 0.363 e. The number of rotatable bonds is 5. The smallest absolute Gasteiger partial charge is 0.255 e. The first kappa shape index (κ1) is 18.7. The summed E-state index contributed by atoms with van der Waals surface area (Å²) in [4.78, 5) is 21.2. The van der Waals surface area contributed by atoms with Gasteiger partial charge in [0.2, 0.25) is 0 Å². The maximum absolute atomic E-state index is 12.6. The molecule has 1 aliphatic heterocycles. The molecule has 6 heteroatoms. The van der Waals surface area contributed by atoms with Gasteiger partial charge in [0.05, 0.1) is 0 Å². The first-order chi connectivity index (χ1) is 12.5. The topological polar surface area (TPSA) is 48.5 Å². The van der Waals surface area contributed by atoms with Crippen LogP contribution in [0.2, 0.25) is 0 Å². The second kappa shape index (κ2) is 8.56. The van der Waals surface area contributed by atoms with Crippen molar-refractivity contribution in [1.82, 2.24) is 9.88 Å². The van der Waals surface area contributed by atoms with Crippen molar-refractivity contribution in [2.45, 2.75) is 13.5 Å². The lowest BCUT2D eigenvalue weighted by molar-refractivity contribution is 0.102. The summed E-state index contributed by atoms with van der Waals surface area (Å²) >= 11 is 2.03. The summed E-state index contributed by atoms with van der Waals surface area (Å²) in [6.45, 7) is 5.33. The first-order valence-electron chi connectivity index (χ1n) is 8.87. The van der Waals surface area contributed by atoms with E-state index in [1.165, 1.54) is 17.1 Å². The lowest BCUT2D eigenvalue weighted by atomic mass is 10.1. The van der Waals surface area contributed by atoms with Gasteiger partial charge in [-0.2, -0.15) is 11.8 Å². The Morgan fingerprint density at radius 1 is 1.23 bits per heavy atom. The van der Waals surface area contributed by atoms with E-state index < -0.39 is 0 Å². The summed E-state index contributed by atoms with van der Waals surface area (Å²) < 4.78 is 0. The Bertz CT molecular complexity index is 772. The molecule has 1 N–H and O–H groups in total. The molecular formula is C20H26N4OS. The van der Waals surface area contributed by atoms with E-state index in [9.17, 15) is 4.79 Å². The van der Waals surface area contributed by atoms with Crippen LogP contribution in [0.4, 0.5) is 11.5 Å². The average molecular weight is 371 g/mol. The highest BCUT2D eigenvalue weighted by Crippen LogP contribution is 2.20. The Hall–Kier alpha value is -2.05. The highest BCUT2D eigenvalue weighted by atomic mass is 32.2. The molecule has 2 heterocycles. The number of hydrogen-bond acceptors (Lipinski definition) is 5. The second-order valence-electron chi connectivity index (χ2n) is 6.79. The number of hydrogen-bond donors (Lipinski definition) is 1. The van der Waals surface area contributed by atoms with Gasteiger partial charge in [0.25, 0.3) is 5.91 Å². The number of amides is 1. The van der Waals surface area contributed by atoms with Gasteiger partial charge in [-0.3, -0.25) is 9.69 Å². The molecule has 1 aromatic heterocycles. The molecule has 2 aromatic rings. The fourth-order valence-electron chi connectivity index (χ4n) is 2.98. The quantitative estimate of drug-likeness (QED) is 0.875. The van der Waals surface area contributed by atoms with Crippen LogP contribution in [0.1, 0.15) is 21.5 Å². The maximum Gasteiger partial charge on any atom is 0.255 e. The predicted octanol–water partition coefficient (Wildman–Crippen LogP) is 3.26. The van der Waals surface area contributed by atoms with Crippen LogP contribution in [0.25, 0.3) is 0 Å². The number of aryl methyl sites for hydroxylation is 1. The van der Waals surface area contributed by atoms with Crippen LogP contribution >= 0.6 is 11.8 Å². The van der Waals surface area contributed by atoms with Gasteiger partial charge in [-0.05, 0) is 36.2 Å². The van der Waals surface area contributed by atoms with Crippen molar-refractivity contribution in [2.75, 3.05) is 48.9 Å². The molecule has 0 atom stereocenters. The van der Waals surface area contributed by atoms with Crippen molar-refractivity contribution in [3.05, 3.63) is 53.2 Å². The summed E-state index contributed by atoms with van der Waals surface area (Å²) in [6.07, 6.45) is 1.66. The lowest BCUT2D eigenvalue weighted by Gasteiger charge is -2.26. The summed E-state index contributed by atoms with van der Waals surface area (Å²) in [5.41, 5.74) is 3.85. The molecule has 0 saturated carbocycles. The zero-order valence-electron chi connectivity index (χ0n) is 15.7. The summed E-state index contributed by atoms with van der Waals surface area (Å²) in [7, 11) is 3.82.